The van der Waals surface area contributed by atoms with Gasteiger partial charge in [-0.05, 0) is 61.9 Å². The Morgan fingerprint density at radius 1 is 1.12 bits per heavy atom. The average molecular weight is 370 g/mol. The van der Waals surface area contributed by atoms with Gasteiger partial charge in [0.05, 0.1) is 0 Å². The van der Waals surface area contributed by atoms with Crippen molar-refractivity contribution in [2.75, 3.05) is 25.0 Å². The van der Waals surface area contributed by atoms with E-state index >= 15 is 0 Å². The van der Waals surface area contributed by atoms with Crippen molar-refractivity contribution in [3.8, 4) is 0 Å². The van der Waals surface area contributed by atoms with Gasteiger partial charge in [0.25, 0.3) is 5.91 Å². The Morgan fingerprint density at radius 3 is 2.54 bits per heavy atom. The lowest BCUT2D eigenvalue weighted by molar-refractivity contribution is 0.0724. The van der Waals surface area contributed by atoms with Crippen LogP contribution in [0.4, 0.5) is 5.82 Å². The molecule has 2 aromatic rings. The Labute approximate surface area is 159 Å². The number of hydrogen-bond acceptors (Lipinski definition) is 3. The number of likely N-dealkylation sites (tertiary alicyclic amines) is 1. The number of aromatic nitrogens is 1. The van der Waals surface area contributed by atoms with Crippen molar-refractivity contribution in [3.05, 3.63) is 58.7 Å². The molecular formula is C21H24ClN3O. The summed E-state index contributed by atoms with van der Waals surface area (Å²) in [4.78, 5) is 19.0. The van der Waals surface area contributed by atoms with E-state index in [9.17, 15) is 4.79 Å². The third-order valence-electron chi connectivity index (χ3n) is 5.57. The van der Waals surface area contributed by atoms with E-state index in [0.717, 1.165) is 61.7 Å². The van der Waals surface area contributed by atoms with Gasteiger partial charge in [0.1, 0.15) is 5.82 Å². The molecule has 1 aliphatic heterocycles. The molecule has 26 heavy (non-hydrogen) atoms. The fourth-order valence-corrected chi connectivity index (χ4v) is 3.85. The summed E-state index contributed by atoms with van der Waals surface area (Å²) in [6.07, 6.45) is 7.47. The molecule has 2 aliphatic rings. The number of amides is 1. The fraction of sp³-hybridized carbons (Fsp3) is 0.429. The number of carbonyl (C=O) groups excluding carboxylic acids is 1. The zero-order chi connectivity index (χ0) is 18.0. The Balaban J connectivity index is 1.42. The van der Waals surface area contributed by atoms with Crippen LogP contribution in [0.25, 0.3) is 0 Å². The topological polar surface area (TPSA) is 45.2 Å². The van der Waals surface area contributed by atoms with Crippen molar-refractivity contribution < 1.29 is 4.79 Å². The molecule has 1 aromatic carbocycles. The van der Waals surface area contributed by atoms with E-state index in [1.165, 1.54) is 12.0 Å². The largest absolute Gasteiger partial charge is 0.369 e. The highest BCUT2D eigenvalue weighted by Gasteiger charge is 2.44. The number of nitrogens with one attached hydrogen (secondary N) is 1. The van der Waals surface area contributed by atoms with Crippen molar-refractivity contribution in [1.82, 2.24) is 9.88 Å². The van der Waals surface area contributed by atoms with E-state index in [0.29, 0.717) is 0 Å². The molecule has 2 heterocycles. The van der Waals surface area contributed by atoms with Crippen LogP contribution in [0, 0.1) is 0 Å². The number of carbonyl (C=O) groups is 1. The number of anilines is 1. The van der Waals surface area contributed by atoms with Gasteiger partial charge in [0.2, 0.25) is 0 Å². The zero-order valence-electron chi connectivity index (χ0n) is 14.9. The number of benzene rings is 1. The maximum atomic E-state index is 12.7. The third-order valence-corrected chi connectivity index (χ3v) is 5.82. The van der Waals surface area contributed by atoms with Gasteiger partial charge in [-0.3, -0.25) is 4.79 Å². The summed E-state index contributed by atoms with van der Waals surface area (Å²) in [5, 5.41) is 4.21. The van der Waals surface area contributed by atoms with Gasteiger partial charge in [0, 0.05) is 41.8 Å². The molecule has 0 unspecified atom stereocenters. The maximum absolute atomic E-state index is 12.7. The van der Waals surface area contributed by atoms with Gasteiger partial charge in [-0.2, -0.15) is 0 Å². The molecule has 0 atom stereocenters. The van der Waals surface area contributed by atoms with Crippen molar-refractivity contribution in [2.45, 2.75) is 37.5 Å². The summed E-state index contributed by atoms with van der Waals surface area (Å²) < 4.78 is 0. The minimum atomic E-state index is 0.119. The van der Waals surface area contributed by atoms with Crippen LogP contribution in [-0.2, 0) is 5.41 Å². The lowest BCUT2D eigenvalue weighted by Crippen LogP contribution is -2.35. The van der Waals surface area contributed by atoms with Gasteiger partial charge < -0.3 is 10.2 Å². The Kier molecular flexibility index (Phi) is 4.86. The minimum absolute atomic E-state index is 0.119. The van der Waals surface area contributed by atoms with Crippen LogP contribution in [0.15, 0.2) is 42.6 Å². The average Bonchev–Trinajstić information content (AvgIpc) is 3.48. The first-order chi connectivity index (χ1) is 12.7. The van der Waals surface area contributed by atoms with Gasteiger partial charge in [-0.1, -0.05) is 23.7 Å². The number of halogens is 1. The molecule has 1 aliphatic carbocycles. The van der Waals surface area contributed by atoms with Crippen LogP contribution >= 0.6 is 11.6 Å². The Hall–Kier alpha value is -2.07. The van der Waals surface area contributed by atoms with Gasteiger partial charge in [-0.15, -0.1) is 0 Å². The second-order valence-corrected chi connectivity index (χ2v) is 7.86. The molecule has 1 saturated heterocycles. The van der Waals surface area contributed by atoms with Gasteiger partial charge in [0.15, 0.2) is 0 Å². The lowest BCUT2D eigenvalue weighted by Gasteiger charge is -2.26. The zero-order valence-corrected chi connectivity index (χ0v) is 15.6. The number of nitrogens with zero attached hydrogens (tertiary/aromatic N) is 2. The summed E-state index contributed by atoms with van der Waals surface area (Å²) in [5.41, 5.74) is 2.20. The van der Waals surface area contributed by atoms with Crippen LogP contribution in [0.2, 0.25) is 5.02 Å². The molecule has 4 rings (SSSR count). The molecule has 1 amide bonds. The molecule has 5 heteroatoms. The van der Waals surface area contributed by atoms with Crippen molar-refractivity contribution in [2.24, 2.45) is 0 Å². The summed E-state index contributed by atoms with van der Waals surface area (Å²) in [5.74, 6) is 0.891. The van der Waals surface area contributed by atoms with Crippen molar-refractivity contribution in [1.29, 1.82) is 0 Å². The maximum Gasteiger partial charge on any atom is 0.254 e. The summed E-state index contributed by atoms with van der Waals surface area (Å²) in [6, 6.07) is 11.8. The Morgan fingerprint density at radius 2 is 1.85 bits per heavy atom. The lowest BCUT2D eigenvalue weighted by atomic mass is 9.96. The first-order valence-electron chi connectivity index (χ1n) is 9.42. The number of hydrogen-bond donors (Lipinski definition) is 1. The molecule has 1 aromatic heterocycles. The van der Waals surface area contributed by atoms with E-state index in [4.69, 9.17) is 11.6 Å². The third kappa shape index (κ3) is 3.70. The smallest absolute Gasteiger partial charge is 0.254 e. The van der Waals surface area contributed by atoms with Crippen LogP contribution in [-0.4, -0.2) is 35.4 Å². The van der Waals surface area contributed by atoms with E-state index in [-0.39, 0.29) is 11.3 Å². The quantitative estimate of drug-likeness (QED) is 0.843. The second kappa shape index (κ2) is 7.28. The summed E-state index contributed by atoms with van der Waals surface area (Å²) >= 11 is 6.00. The number of rotatable bonds is 5. The van der Waals surface area contributed by atoms with Gasteiger partial charge in [-0.25, -0.2) is 4.98 Å². The highest BCUT2D eigenvalue weighted by molar-refractivity contribution is 6.30. The molecule has 1 saturated carbocycles. The normalized spacial score (nSPS) is 18.4. The second-order valence-electron chi connectivity index (χ2n) is 7.42. The highest BCUT2D eigenvalue weighted by Crippen LogP contribution is 2.48. The molecule has 0 bridgehead atoms. The van der Waals surface area contributed by atoms with Crippen LogP contribution in [0.1, 0.15) is 48.0 Å². The van der Waals surface area contributed by atoms with E-state index in [2.05, 4.69) is 22.4 Å². The molecule has 2 fully saturated rings. The van der Waals surface area contributed by atoms with Crippen molar-refractivity contribution >= 4 is 23.3 Å². The summed E-state index contributed by atoms with van der Waals surface area (Å²) in [6.45, 7) is 2.55. The standard InChI is InChI=1S/C21H24ClN3O/c22-18-6-4-17(5-7-18)21(9-10-21)15-24-19-14-16(8-11-23-19)20(26)25-12-2-1-3-13-25/h4-8,11,14H,1-3,9-10,12-13,15H2,(H,23,24). The predicted molar refractivity (Wildman–Crippen MR) is 105 cm³/mol. The van der Waals surface area contributed by atoms with E-state index in [1.54, 1.807) is 6.20 Å². The Bertz CT molecular complexity index is 780. The first kappa shape index (κ1) is 17.3. The molecule has 136 valence electrons. The predicted octanol–water partition coefficient (Wildman–Crippen LogP) is 4.50. The van der Waals surface area contributed by atoms with Crippen LogP contribution < -0.4 is 5.32 Å². The first-order valence-corrected chi connectivity index (χ1v) is 9.79. The molecule has 0 spiro atoms. The highest BCUT2D eigenvalue weighted by atomic mass is 35.5. The SMILES string of the molecule is O=C(c1ccnc(NCC2(c3ccc(Cl)cc3)CC2)c1)N1CCCCC1. The van der Waals surface area contributed by atoms with E-state index in [1.807, 2.05) is 29.2 Å². The fourth-order valence-electron chi connectivity index (χ4n) is 3.72. The number of pyridine rings is 1. The molecule has 4 nitrogen and oxygen atoms in total. The summed E-state index contributed by atoms with van der Waals surface area (Å²) in [7, 11) is 0. The van der Waals surface area contributed by atoms with Crippen LogP contribution in [0.5, 0.6) is 0 Å². The minimum Gasteiger partial charge on any atom is -0.369 e. The van der Waals surface area contributed by atoms with Crippen LogP contribution in [0.3, 0.4) is 0 Å². The molecular weight excluding hydrogens is 346 g/mol. The molecule has 1 N–H and O–H groups in total. The monoisotopic (exact) mass is 369 g/mol. The van der Waals surface area contributed by atoms with Gasteiger partial charge >= 0.3 is 0 Å². The molecule has 0 radical (unpaired) electrons. The van der Waals surface area contributed by atoms with Crippen molar-refractivity contribution in [3.63, 3.8) is 0 Å². The number of piperidine rings is 1. The van der Waals surface area contributed by atoms with E-state index < -0.39 is 0 Å².